The number of hydrogen-bond acceptors (Lipinski definition) is 4. The van der Waals surface area contributed by atoms with Crippen LogP contribution in [-0.4, -0.2) is 9.97 Å². The van der Waals surface area contributed by atoms with Crippen molar-refractivity contribution in [2.45, 2.75) is 0 Å². The fraction of sp³-hybridized carbons (Fsp3) is 0. The summed E-state index contributed by atoms with van der Waals surface area (Å²) >= 11 is 9.06. The highest BCUT2D eigenvalue weighted by molar-refractivity contribution is 9.10. The largest absolute Gasteiger partial charge is 0.436 e. The normalized spacial score (nSPS) is 10.1. The van der Waals surface area contributed by atoms with Gasteiger partial charge >= 0.3 is 0 Å². The number of anilines is 1. The van der Waals surface area contributed by atoms with E-state index < -0.39 is 0 Å². The first-order valence-electron chi connectivity index (χ1n) is 4.35. The highest BCUT2D eigenvalue weighted by Gasteiger charge is 2.06. The third-order valence-electron chi connectivity index (χ3n) is 1.81. The summed E-state index contributed by atoms with van der Waals surface area (Å²) in [7, 11) is 0. The molecule has 1 aromatic heterocycles. The molecule has 0 aliphatic heterocycles. The summed E-state index contributed by atoms with van der Waals surface area (Å²) < 4.78 is 6.17. The van der Waals surface area contributed by atoms with Crippen LogP contribution in [0.4, 0.5) is 5.69 Å². The van der Waals surface area contributed by atoms with Crippen LogP contribution in [0.25, 0.3) is 0 Å². The topological polar surface area (TPSA) is 61.0 Å². The van der Waals surface area contributed by atoms with Gasteiger partial charge in [0.05, 0.1) is 10.2 Å². The zero-order chi connectivity index (χ0) is 11.5. The van der Waals surface area contributed by atoms with Crippen LogP contribution in [0, 0.1) is 0 Å². The van der Waals surface area contributed by atoms with Crippen molar-refractivity contribution < 1.29 is 4.74 Å². The number of rotatable bonds is 2. The second kappa shape index (κ2) is 4.67. The van der Waals surface area contributed by atoms with Crippen molar-refractivity contribution in [2.24, 2.45) is 0 Å². The Labute approximate surface area is 106 Å². The van der Waals surface area contributed by atoms with E-state index in [0.29, 0.717) is 26.8 Å². The Bertz CT molecular complexity index is 521. The molecule has 82 valence electrons. The molecule has 0 saturated heterocycles. The van der Waals surface area contributed by atoms with Crippen molar-refractivity contribution in [2.75, 3.05) is 5.73 Å². The van der Waals surface area contributed by atoms with Crippen molar-refractivity contribution in [3.63, 3.8) is 0 Å². The standard InChI is InChI=1S/C10H7BrClN3O/c11-7-4-14-5-15-10(7)16-9-2-1-6(12)3-8(9)13/h1-5H,13H2. The summed E-state index contributed by atoms with van der Waals surface area (Å²) in [6, 6.07) is 5.00. The number of halogens is 2. The van der Waals surface area contributed by atoms with Gasteiger partial charge in [-0.3, -0.25) is 0 Å². The summed E-state index contributed by atoms with van der Waals surface area (Å²) in [5.74, 6) is 0.910. The van der Waals surface area contributed by atoms with Crippen LogP contribution in [-0.2, 0) is 0 Å². The molecule has 4 nitrogen and oxygen atoms in total. The summed E-state index contributed by atoms with van der Waals surface area (Å²) in [5.41, 5.74) is 6.21. The van der Waals surface area contributed by atoms with Crippen LogP contribution < -0.4 is 10.5 Å². The van der Waals surface area contributed by atoms with Gasteiger partial charge in [-0.15, -0.1) is 0 Å². The molecular weight excluding hydrogens is 293 g/mol. The van der Waals surface area contributed by atoms with Crippen LogP contribution in [0.1, 0.15) is 0 Å². The molecule has 1 heterocycles. The second-order valence-corrected chi connectivity index (χ2v) is 4.25. The lowest BCUT2D eigenvalue weighted by Crippen LogP contribution is -1.94. The van der Waals surface area contributed by atoms with E-state index in [1.165, 1.54) is 6.33 Å². The molecule has 0 atom stereocenters. The molecule has 16 heavy (non-hydrogen) atoms. The number of aromatic nitrogens is 2. The minimum Gasteiger partial charge on any atom is -0.436 e. The van der Waals surface area contributed by atoms with Gasteiger partial charge in [-0.2, -0.15) is 0 Å². The molecule has 0 aliphatic rings. The highest BCUT2D eigenvalue weighted by Crippen LogP contribution is 2.31. The maximum absolute atomic E-state index is 5.78. The van der Waals surface area contributed by atoms with Gasteiger partial charge < -0.3 is 10.5 Å². The number of nitrogens with zero attached hydrogens (tertiary/aromatic N) is 2. The molecule has 6 heteroatoms. The van der Waals surface area contributed by atoms with E-state index in [1.807, 2.05) is 0 Å². The van der Waals surface area contributed by atoms with Crippen molar-refractivity contribution in [1.82, 2.24) is 9.97 Å². The first-order valence-corrected chi connectivity index (χ1v) is 5.52. The summed E-state index contributed by atoms with van der Waals surface area (Å²) in [5, 5.41) is 0.562. The lowest BCUT2D eigenvalue weighted by Gasteiger charge is -2.08. The molecule has 2 N–H and O–H groups in total. The van der Waals surface area contributed by atoms with Gasteiger partial charge in [0.1, 0.15) is 6.33 Å². The monoisotopic (exact) mass is 299 g/mol. The zero-order valence-corrected chi connectivity index (χ0v) is 10.4. The van der Waals surface area contributed by atoms with Crippen LogP contribution in [0.5, 0.6) is 11.6 Å². The quantitative estimate of drug-likeness (QED) is 0.865. The molecule has 0 bridgehead atoms. The average Bonchev–Trinajstić information content (AvgIpc) is 2.25. The van der Waals surface area contributed by atoms with E-state index in [9.17, 15) is 0 Å². The number of nitrogen functional groups attached to an aromatic ring is 1. The predicted molar refractivity (Wildman–Crippen MR) is 65.7 cm³/mol. The van der Waals surface area contributed by atoms with Gasteiger partial charge in [0, 0.05) is 11.2 Å². The Hall–Kier alpha value is -1.33. The second-order valence-electron chi connectivity index (χ2n) is 2.96. The SMILES string of the molecule is Nc1cc(Cl)ccc1Oc1ncncc1Br. The molecule has 2 rings (SSSR count). The molecule has 0 spiro atoms. The molecule has 0 amide bonds. The van der Waals surface area contributed by atoms with E-state index >= 15 is 0 Å². The van der Waals surface area contributed by atoms with Gasteiger partial charge in [0.2, 0.25) is 5.88 Å². The third-order valence-corrected chi connectivity index (χ3v) is 2.59. The fourth-order valence-corrected chi connectivity index (χ4v) is 1.58. The van der Waals surface area contributed by atoms with Gasteiger partial charge in [0.25, 0.3) is 0 Å². The van der Waals surface area contributed by atoms with E-state index in [0.717, 1.165) is 0 Å². The van der Waals surface area contributed by atoms with E-state index in [4.69, 9.17) is 22.1 Å². The minimum atomic E-state index is 0.407. The van der Waals surface area contributed by atoms with Gasteiger partial charge in [-0.25, -0.2) is 9.97 Å². The first kappa shape index (κ1) is 11.2. The Morgan fingerprint density at radius 2 is 2.19 bits per heavy atom. The number of ether oxygens (including phenoxy) is 1. The van der Waals surface area contributed by atoms with Gasteiger partial charge in [-0.1, -0.05) is 11.6 Å². The minimum absolute atomic E-state index is 0.407. The third kappa shape index (κ3) is 2.43. The van der Waals surface area contributed by atoms with Crippen LogP contribution in [0.15, 0.2) is 35.2 Å². The van der Waals surface area contributed by atoms with E-state index in [-0.39, 0.29) is 0 Å². The number of nitrogens with two attached hydrogens (primary N) is 1. The molecule has 0 fully saturated rings. The van der Waals surface area contributed by atoms with E-state index in [2.05, 4.69) is 25.9 Å². The highest BCUT2D eigenvalue weighted by atomic mass is 79.9. The number of hydrogen-bond donors (Lipinski definition) is 1. The van der Waals surface area contributed by atoms with Gasteiger partial charge in [0.15, 0.2) is 5.75 Å². The summed E-state index contributed by atoms with van der Waals surface area (Å²) in [6.07, 6.45) is 2.99. The zero-order valence-electron chi connectivity index (χ0n) is 8.02. The van der Waals surface area contributed by atoms with Crippen molar-refractivity contribution in [1.29, 1.82) is 0 Å². The van der Waals surface area contributed by atoms with Crippen molar-refractivity contribution >= 4 is 33.2 Å². The van der Waals surface area contributed by atoms with Crippen LogP contribution in [0.2, 0.25) is 5.02 Å². The van der Waals surface area contributed by atoms with Crippen molar-refractivity contribution in [3.8, 4) is 11.6 Å². The summed E-state index contributed by atoms with van der Waals surface area (Å²) in [4.78, 5) is 7.80. The molecule has 2 aromatic rings. The smallest absolute Gasteiger partial charge is 0.236 e. The predicted octanol–water partition coefficient (Wildman–Crippen LogP) is 3.27. The molecule has 1 aromatic carbocycles. The molecule has 0 unspecified atom stereocenters. The number of benzene rings is 1. The van der Waals surface area contributed by atoms with Crippen molar-refractivity contribution in [3.05, 3.63) is 40.2 Å². The Morgan fingerprint density at radius 3 is 2.88 bits per heavy atom. The molecule has 0 saturated carbocycles. The van der Waals surface area contributed by atoms with Gasteiger partial charge in [-0.05, 0) is 34.1 Å². The Balaban J connectivity index is 2.31. The Kier molecular flexibility index (Phi) is 3.26. The fourth-order valence-electron chi connectivity index (χ4n) is 1.09. The lowest BCUT2D eigenvalue weighted by molar-refractivity contribution is 0.460. The first-order chi connectivity index (χ1) is 7.66. The summed E-state index contributed by atoms with van der Waals surface area (Å²) in [6.45, 7) is 0. The maximum Gasteiger partial charge on any atom is 0.236 e. The molecule has 0 radical (unpaired) electrons. The van der Waals surface area contributed by atoms with E-state index in [1.54, 1.807) is 24.4 Å². The van der Waals surface area contributed by atoms with Crippen LogP contribution >= 0.6 is 27.5 Å². The lowest BCUT2D eigenvalue weighted by atomic mass is 10.3. The molecular formula is C10H7BrClN3O. The average molecular weight is 301 g/mol. The Morgan fingerprint density at radius 1 is 1.38 bits per heavy atom. The van der Waals surface area contributed by atoms with Crippen LogP contribution in [0.3, 0.4) is 0 Å². The maximum atomic E-state index is 5.78. The molecule has 0 aliphatic carbocycles.